The maximum atomic E-state index is 13.5. The molecule has 1 aliphatic rings. The van der Waals surface area contributed by atoms with Crippen LogP contribution >= 0.6 is 0 Å². The molecule has 0 aromatic carbocycles. The number of alkyl halides is 2. The van der Waals surface area contributed by atoms with Crippen LogP contribution in [-0.2, 0) is 17.1 Å². The Hall–Kier alpha value is -1.06. The number of hydrogen-bond acceptors (Lipinski definition) is 4. The van der Waals surface area contributed by atoms with Gasteiger partial charge in [-0.3, -0.25) is 4.68 Å². The van der Waals surface area contributed by atoms with Gasteiger partial charge in [-0.2, -0.15) is 5.10 Å². The second-order valence-corrected chi connectivity index (χ2v) is 6.39. The Kier molecular flexibility index (Phi) is 3.88. The third-order valence-electron chi connectivity index (χ3n) is 3.14. The lowest BCUT2D eigenvalue weighted by Gasteiger charge is -2.31. The third-order valence-corrected chi connectivity index (χ3v) is 4.52. The zero-order valence-electron chi connectivity index (χ0n) is 10.4. The Labute approximate surface area is 110 Å². The molecule has 0 aliphatic carbocycles. The van der Waals surface area contributed by atoms with Crippen LogP contribution in [0.5, 0.6) is 0 Å². The number of nitrogens with zero attached hydrogens (tertiary/aromatic N) is 2. The minimum absolute atomic E-state index is 0.0211. The smallest absolute Gasteiger partial charge is 0.264 e. The average molecular weight is 294 g/mol. The van der Waals surface area contributed by atoms with Crippen LogP contribution in [0.2, 0.25) is 0 Å². The number of sulfonamides is 1. The van der Waals surface area contributed by atoms with Crippen LogP contribution in [0.25, 0.3) is 0 Å². The number of rotatable bonds is 4. The van der Waals surface area contributed by atoms with E-state index >= 15 is 0 Å². The monoisotopic (exact) mass is 294 g/mol. The molecule has 1 aromatic rings. The lowest BCUT2D eigenvalue weighted by Crippen LogP contribution is -2.50. The summed E-state index contributed by atoms with van der Waals surface area (Å²) in [6, 6.07) is 0. The SMILES string of the molecule is Cn1cc(S(=O)(=O)NC[C@H]2CCNCC2(F)F)cn1. The van der Waals surface area contributed by atoms with Crippen molar-refractivity contribution >= 4 is 10.0 Å². The topological polar surface area (TPSA) is 76.0 Å². The van der Waals surface area contributed by atoms with E-state index < -0.39 is 28.4 Å². The molecule has 0 spiro atoms. The summed E-state index contributed by atoms with van der Waals surface area (Å²) in [5.41, 5.74) is 0. The van der Waals surface area contributed by atoms with Crippen LogP contribution < -0.4 is 10.0 Å². The molecule has 1 fully saturated rings. The fraction of sp³-hybridized carbons (Fsp3) is 0.700. The summed E-state index contributed by atoms with van der Waals surface area (Å²) >= 11 is 0. The summed E-state index contributed by atoms with van der Waals surface area (Å²) < 4.78 is 54.4. The first kappa shape index (κ1) is 14.4. The molecule has 1 aliphatic heterocycles. The van der Waals surface area contributed by atoms with Gasteiger partial charge in [-0.05, 0) is 13.0 Å². The molecule has 0 amide bonds. The van der Waals surface area contributed by atoms with Crippen LogP contribution in [0.1, 0.15) is 6.42 Å². The predicted molar refractivity (Wildman–Crippen MR) is 64.3 cm³/mol. The van der Waals surface area contributed by atoms with Crippen molar-refractivity contribution in [3.63, 3.8) is 0 Å². The van der Waals surface area contributed by atoms with E-state index in [0.29, 0.717) is 6.54 Å². The fourth-order valence-electron chi connectivity index (χ4n) is 1.97. The Morgan fingerprint density at radius 2 is 2.37 bits per heavy atom. The molecule has 1 saturated heterocycles. The lowest BCUT2D eigenvalue weighted by molar-refractivity contribution is -0.0703. The highest BCUT2D eigenvalue weighted by Gasteiger charge is 2.41. The van der Waals surface area contributed by atoms with Gasteiger partial charge >= 0.3 is 0 Å². The van der Waals surface area contributed by atoms with Gasteiger partial charge in [-0.1, -0.05) is 0 Å². The van der Waals surface area contributed by atoms with Crippen molar-refractivity contribution in [1.29, 1.82) is 0 Å². The van der Waals surface area contributed by atoms with E-state index in [9.17, 15) is 17.2 Å². The molecular formula is C10H16F2N4O2S. The molecular weight excluding hydrogens is 278 g/mol. The molecule has 6 nitrogen and oxygen atoms in total. The van der Waals surface area contributed by atoms with Crippen molar-refractivity contribution in [2.75, 3.05) is 19.6 Å². The summed E-state index contributed by atoms with van der Waals surface area (Å²) in [5.74, 6) is -3.88. The van der Waals surface area contributed by atoms with Gasteiger partial charge in [0.2, 0.25) is 10.0 Å². The Morgan fingerprint density at radius 3 is 2.95 bits per heavy atom. The van der Waals surface area contributed by atoms with E-state index in [0.717, 1.165) is 0 Å². The zero-order chi connectivity index (χ0) is 14.1. The van der Waals surface area contributed by atoms with Crippen molar-refractivity contribution in [3.8, 4) is 0 Å². The van der Waals surface area contributed by atoms with E-state index in [1.165, 1.54) is 17.1 Å². The molecule has 2 N–H and O–H groups in total. The molecule has 19 heavy (non-hydrogen) atoms. The highest BCUT2D eigenvalue weighted by molar-refractivity contribution is 7.89. The quantitative estimate of drug-likeness (QED) is 0.816. The molecule has 0 unspecified atom stereocenters. The summed E-state index contributed by atoms with van der Waals surface area (Å²) in [6.07, 6.45) is 2.74. The van der Waals surface area contributed by atoms with Gasteiger partial charge in [0.05, 0.1) is 12.7 Å². The summed E-state index contributed by atoms with van der Waals surface area (Å²) in [4.78, 5) is -0.0211. The van der Waals surface area contributed by atoms with Gasteiger partial charge < -0.3 is 5.32 Å². The number of aryl methyl sites for hydroxylation is 1. The molecule has 2 rings (SSSR count). The van der Waals surface area contributed by atoms with Gasteiger partial charge in [0, 0.05) is 25.7 Å². The van der Waals surface area contributed by atoms with Gasteiger partial charge in [0.15, 0.2) is 0 Å². The molecule has 108 valence electrons. The lowest BCUT2D eigenvalue weighted by atomic mass is 9.94. The van der Waals surface area contributed by atoms with Crippen molar-refractivity contribution in [2.45, 2.75) is 17.2 Å². The van der Waals surface area contributed by atoms with E-state index in [1.807, 2.05) is 0 Å². The van der Waals surface area contributed by atoms with Crippen LogP contribution in [0.4, 0.5) is 8.78 Å². The summed E-state index contributed by atoms with van der Waals surface area (Å²) in [5, 5.41) is 6.34. The Bertz CT molecular complexity index is 543. The summed E-state index contributed by atoms with van der Waals surface area (Å²) in [6.45, 7) is -0.215. The first-order valence-electron chi connectivity index (χ1n) is 5.88. The maximum Gasteiger partial charge on any atom is 0.264 e. The second-order valence-electron chi connectivity index (χ2n) is 4.63. The molecule has 0 saturated carbocycles. The number of hydrogen-bond donors (Lipinski definition) is 2. The number of halogens is 2. The normalized spacial score (nSPS) is 23.4. The van der Waals surface area contributed by atoms with Crippen molar-refractivity contribution in [2.24, 2.45) is 13.0 Å². The fourth-order valence-corrected chi connectivity index (χ4v) is 3.03. The summed E-state index contributed by atoms with van der Waals surface area (Å²) in [7, 11) is -2.19. The highest BCUT2D eigenvalue weighted by Crippen LogP contribution is 2.29. The second kappa shape index (κ2) is 5.14. The first-order valence-corrected chi connectivity index (χ1v) is 7.36. The molecule has 0 radical (unpaired) electrons. The Morgan fingerprint density at radius 1 is 1.63 bits per heavy atom. The van der Waals surface area contributed by atoms with Crippen LogP contribution in [0.3, 0.4) is 0 Å². The highest BCUT2D eigenvalue weighted by atomic mass is 32.2. The number of aromatic nitrogens is 2. The molecule has 1 aromatic heterocycles. The van der Waals surface area contributed by atoms with Crippen LogP contribution in [0, 0.1) is 5.92 Å². The van der Waals surface area contributed by atoms with Gasteiger partial charge in [-0.15, -0.1) is 0 Å². The zero-order valence-corrected chi connectivity index (χ0v) is 11.3. The average Bonchev–Trinajstić information content (AvgIpc) is 2.75. The molecule has 1 atom stereocenters. The first-order chi connectivity index (χ1) is 8.81. The van der Waals surface area contributed by atoms with E-state index in [2.05, 4.69) is 15.1 Å². The minimum Gasteiger partial charge on any atom is -0.311 e. The van der Waals surface area contributed by atoms with Crippen LogP contribution in [0.15, 0.2) is 17.3 Å². The van der Waals surface area contributed by atoms with E-state index in [1.54, 1.807) is 7.05 Å². The van der Waals surface area contributed by atoms with E-state index in [-0.39, 0.29) is 17.9 Å². The van der Waals surface area contributed by atoms with Crippen molar-refractivity contribution < 1.29 is 17.2 Å². The number of piperidine rings is 1. The van der Waals surface area contributed by atoms with Gasteiger partial charge in [0.1, 0.15) is 4.90 Å². The largest absolute Gasteiger partial charge is 0.311 e. The molecule has 2 heterocycles. The maximum absolute atomic E-state index is 13.5. The number of nitrogens with one attached hydrogen (secondary N) is 2. The van der Waals surface area contributed by atoms with Crippen molar-refractivity contribution in [1.82, 2.24) is 19.8 Å². The predicted octanol–water partition coefficient (Wildman–Crippen LogP) is -0.0568. The standard InChI is InChI=1S/C10H16F2N4O2S/c1-16-6-9(5-14-16)19(17,18)15-4-8-2-3-13-7-10(8,11)12/h5-6,8,13,15H,2-4,7H2,1H3/t8-/m1/s1. The van der Waals surface area contributed by atoms with Gasteiger partial charge in [0.25, 0.3) is 5.92 Å². The minimum atomic E-state index is -3.78. The van der Waals surface area contributed by atoms with Gasteiger partial charge in [-0.25, -0.2) is 21.9 Å². The Balaban J connectivity index is 2.02. The molecule has 9 heteroatoms. The molecule has 0 bridgehead atoms. The van der Waals surface area contributed by atoms with E-state index in [4.69, 9.17) is 0 Å². The van der Waals surface area contributed by atoms with Crippen molar-refractivity contribution in [3.05, 3.63) is 12.4 Å². The van der Waals surface area contributed by atoms with Crippen LogP contribution in [-0.4, -0.2) is 43.8 Å². The third kappa shape index (κ3) is 3.28.